The molecule has 0 unspecified atom stereocenters. The minimum Gasteiger partial charge on any atom is -0.481 e. The van der Waals surface area contributed by atoms with Crippen LogP contribution in [0.1, 0.15) is 28.7 Å². The number of aliphatic carboxylic acids is 1. The molecule has 136 valence electrons. The van der Waals surface area contributed by atoms with Gasteiger partial charge in [0.1, 0.15) is 6.61 Å². The molecule has 0 saturated heterocycles. The van der Waals surface area contributed by atoms with Gasteiger partial charge in [-0.25, -0.2) is 4.98 Å². The van der Waals surface area contributed by atoms with E-state index in [2.05, 4.69) is 4.98 Å². The number of carboxylic acid groups (broad SMARTS) is 1. The molecule has 0 aliphatic rings. The Kier molecular flexibility index (Phi) is 5.94. The van der Waals surface area contributed by atoms with E-state index in [0.717, 1.165) is 22.3 Å². The summed E-state index contributed by atoms with van der Waals surface area (Å²) in [5.41, 5.74) is 3.99. The number of aromatic nitrogens is 1. The minimum atomic E-state index is -0.823. The zero-order valence-corrected chi connectivity index (χ0v) is 14.8. The Balaban J connectivity index is 1.61. The molecular formula is C22H20N2O3. The van der Waals surface area contributed by atoms with Crippen LogP contribution in [0.4, 0.5) is 0 Å². The monoisotopic (exact) mass is 360 g/mol. The molecule has 0 saturated carbocycles. The molecule has 5 nitrogen and oxygen atoms in total. The summed E-state index contributed by atoms with van der Waals surface area (Å²) >= 11 is 0. The van der Waals surface area contributed by atoms with Crippen molar-refractivity contribution < 1.29 is 14.6 Å². The molecule has 1 aromatic heterocycles. The molecule has 3 rings (SSSR count). The standard InChI is InChI=1S/C22H20N2O3/c23-22(18-6-2-1-3-7-18)19-8-4-5-17(13-19)15-27-20-11-9-16(14-24-20)10-12-21(25)26/h1-9,11,13-14,23H,10,12,15H2,(H,25,26). The first-order valence-electron chi connectivity index (χ1n) is 8.64. The molecule has 27 heavy (non-hydrogen) atoms. The van der Waals surface area contributed by atoms with Gasteiger partial charge in [-0.3, -0.25) is 10.2 Å². The van der Waals surface area contributed by atoms with E-state index in [1.807, 2.05) is 60.7 Å². The Morgan fingerprint density at radius 2 is 1.74 bits per heavy atom. The van der Waals surface area contributed by atoms with Gasteiger partial charge in [-0.15, -0.1) is 0 Å². The van der Waals surface area contributed by atoms with E-state index in [-0.39, 0.29) is 6.42 Å². The third-order valence-corrected chi connectivity index (χ3v) is 4.09. The van der Waals surface area contributed by atoms with E-state index in [0.29, 0.717) is 24.6 Å². The lowest BCUT2D eigenvalue weighted by Crippen LogP contribution is -2.03. The molecule has 0 fully saturated rings. The summed E-state index contributed by atoms with van der Waals surface area (Å²) in [5.74, 6) is -0.339. The number of hydrogen-bond donors (Lipinski definition) is 2. The van der Waals surface area contributed by atoms with Crippen LogP contribution < -0.4 is 4.74 Å². The quantitative estimate of drug-likeness (QED) is 0.593. The van der Waals surface area contributed by atoms with Crippen LogP contribution in [0, 0.1) is 5.41 Å². The molecular weight excluding hydrogens is 340 g/mol. The largest absolute Gasteiger partial charge is 0.481 e. The van der Waals surface area contributed by atoms with Gasteiger partial charge in [0.05, 0.1) is 5.71 Å². The van der Waals surface area contributed by atoms with Crippen molar-refractivity contribution in [2.24, 2.45) is 0 Å². The number of nitrogens with one attached hydrogen (secondary N) is 1. The van der Waals surface area contributed by atoms with Gasteiger partial charge in [-0.2, -0.15) is 0 Å². The van der Waals surface area contributed by atoms with E-state index in [4.69, 9.17) is 15.3 Å². The summed E-state index contributed by atoms with van der Waals surface area (Å²) in [6.45, 7) is 0.345. The second kappa shape index (κ2) is 8.76. The van der Waals surface area contributed by atoms with Crippen LogP contribution in [0.15, 0.2) is 72.9 Å². The number of nitrogens with zero attached hydrogens (tertiary/aromatic N) is 1. The molecule has 0 bridgehead atoms. The lowest BCUT2D eigenvalue weighted by Gasteiger charge is -2.09. The molecule has 2 aromatic carbocycles. The summed E-state index contributed by atoms with van der Waals surface area (Å²) in [4.78, 5) is 14.8. The van der Waals surface area contributed by atoms with Gasteiger partial charge >= 0.3 is 5.97 Å². The normalized spacial score (nSPS) is 10.4. The Hall–Kier alpha value is -3.47. The lowest BCUT2D eigenvalue weighted by molar-refractivity contribution is -0.136. The maximum atomic E-state index is 10.6. The SMILES string of the molecule is N=C(c1ccccc1)c1cccc(COc2ccc(CCC(=O)O)cn2)c1. The van der Waals surface area contributed by atoms with Crippen molar-refractivity contribution in [3.63, 3.8) is 0 Å². The molecule has 0 atom stereocenters. The second-order valence-corrected chi connectivity index (χ2v) is 6.13. The highest BCUT2D eigenvalue weighted by Crippen LogP contribution is 2.15. The fourth-order valence-corrected chi connectivity index (χ4v) is 2.64. The van der Waals surface area contributed by atoms with E-state index in [1.165, 1.54) is 0 Å². The number of aryl methyl sites for hydroxylation is 1. The average molecular weight is 360 g/mol. The average Bonchev–Trinajstić information content (AvgIpc) is 2.72. The Bertz CT molecular complexity index is 922. The number of ether oxygens (including phenoxy) is 1. The van der Waals surface area contributed by atoms with Crippen LogP contribution in [-0.2, 0) is 17.8 Å². The minimum absolute atomic E-state index is 0.0854. The van der Waals surface area contributed by atoms with Gasteiger partial charge in [-0.1, -0.05) is 54.6 Å². The van der Waals surface area contributed by atoms with Crippen molar-refractivity contribution in [2.45, 2.75) is 19.4 Å². The first kappa shape index (κ1) is 18.3. The van der Waals surface area contributed by atoms with E-state index >= 15 is 0 Å². The lowest BCUT2D eigenvalue weighted by atomic mass is 10.0. The second-order valence-electron chi connectivity index (χ2n) is 6.13. The van der Waals surface area contributed by atoms with Crippen LogP contribution >= 0.6 is 0 Å². The maximum Gasteiger partial charge on any atom is 0.303 e. The van der Waals surface area contributed by atoms with Gasteiger partial charge in [-0.05, 0) is 29.2 Å². The van der Waals surface area contributed by atoms with Crippen molar-refractivity contribution in [2.75, 3.05) is 0 Å². The molecule has 1 heterocycles. The summed E-state index contributed by atoms with van der Waals surface area (Å²) in [6.07, 6.45) is 2.17. The maximum absolute atomic E-state index is 10.6. The molecule has 0 aliphatic carbocycles. The van der Waals surface area contributed by atoms with Crippen LogP contribution in [0.5, 0.6) is 5.88 Å². The molecule has 3 aromatic rings. The topological polar surface area (TPSA) is 83.3 Å². The first-order valence-corrected chi connectivity index (χ1v) is 8.64. The zero-order chi connectivity index (χ0) is 19.1. The third-order valence-electron chi connectivity index (χ3n) is 4.09. The third kappa shape index (κ3) is 5.25. The van der Waals surface area contributed by atoms with Crippen molar-refractivity contribution >= 4 is 11.7 Å². The zero-order valence-electron chi connectivity index (χ0n) is 14.8. The number of benzene rings is 2. The predicted molar refractivity (Wildman–Crippen MR) is 103 cm³/mol. The van der Waals surface area contributed by atoms with Gasteiger partial charge < -0.3 is 9.84 Å². The highest BCUT2D eigenvalue weighted by molar-refractivity contribution is 6.10. The van der Waals surface area contributed by atoms with Crippen molar-refractivity contribution in [1.82, 2.24) is 4.98 Å². The summed E-state index contributed by atoms with van der Waals surface area (Å²) in [6, 6.07) is 20.9. The Labute approximate surface area is 157 Å². The number of carboxylic acids is 1. The summed E-state index contributed by atoms with van der Waals surface area (Å²) in [5, 5.41) is 17.1. The molecule has 0 radical (unpaired) electrons. The van der Waals surface area contributed by atoms with Crippen LogP contribution in [0.2, 0.25) is 0 Å². The van der Waals surface area contributed by atoms with Gasteiger partial charge in [0.15, 0.2) is 0 Å². The highest BCUT2D eigenvalue weighted by atomic mass is 16.5. The number of carbonyl (C=O) groups is 1. The van der Waals surface area contributed by atoms with Gasteiger partial charge in [0.25, 0.3) is 0 Å². The molecule has 0 aliphatic heterocycles. The van der Waals surface area contributed by atoms with Crippen LogP contribution in [-0.4, -0.2) is 21.8 Å². The van der Waals surface area contributed by atoms with Crippen LogP contribution in [0.3, 0.4) is 0 Å². The van der Waals surface area contributed by atoms with Gasteiger partial charge in [0, 0.05) is 24.2 Å². The van der Waals surface area contributed by atoms with E-state index in [1.54, 1.807) is 12.3 Å². The van der Waals surface area contributed by atoms with E-state index < -0.39 is 5.97 Å². The number of rotatable bonds is 8. The fourth-order valence-electron chi connectivity index (χ4n) is 2.64. The number of pyridine rings is 1. The van der Waals surface area contributed by atoms with Gasteiger partial charge in [0.2, 0.25) is 5.88 Å². The molecule has 0 spiro atoms. The predicted octanol–water partition coefficient (Wildman–Crippen LogP) is 4.09. The van der Waals surface area contributed by atoms with Crippen LogP contribution in [0.25, 0.3) is 0 Å². The van der Waals surface area contributed by atoms with E-state index in [9.17, 15) is 4.79 Å². The first-order chi connectivity index (χ1) is 13.1. The Morgan fingerprint density at radius 1 is 0.963 bits per heavy atom. The molecule has 5 heteroatoms. The fraction of sp³-hybridized carbons (Fsp3) is 0.136. The van der Waals surface area contributed by atoms with Crippen molar-refractivity contribution in [1.29, 1.82) is 5.41 Å². The molecule has 0 amide bonds. The van der Waals surface area contributed by atoms with Crippen molar-refractivity contribution in [3.8, 4) is 5.88 Å². The smallest absolute Gasteiger partial charge is 0.303 e. The van der Waals surface area contributed by atoms with Crippen molar-refractivity contribution in [3.05, 3.63) is 95.2 Å². The number of hydrogen-bond acceptors (Lipinski definition) is 4. The summed E-state index contributed by atoms with van der Waals surface area (Å²) < 4.78 is 5.72. The summed E-state index contributed by atoms with van der Waals surface area (Å²) in [7, 11) is 0. The molecule has 2 N–H and O–H groups in total. The Morgan fingerprint density at radius 3 is 2.44 bits per heavy atom. The highest BCUT2D eigenvalue weighted by Gasteiger charge is 2.06.